The Morgan fingerprint density at radius 3 is 2.75 bits per heavy atom. The van der Waals surface area contributed by atoms with Gasteiger partial charge in [0.2, 0.25) is 0 Å². The van der Waals surface area contributed by atoms with E-state index in [9.17, 15) is 0 Å². The molecule has 1 aliphatic rings. The molecule has 0 amide bonds. The summed E-state index contributed by atoms with van der Waals surface area (Å²) in [5, 5.41) is 0. The first-order valence-electron chi connectivity index (χ1n) is 3.94. The number of thioether (sulfide) groups is 1. The molecule has 0 aliphatic heterocycles. The minimum atomic E-state index is 1.06. The molecular formula is C9H14N2S. The zero-order valence-electron chi connectivity index (χ0n) is 7.58. The highest BCUT2D eigenvalue weighted by molar-refractivity contribution is 8.02. The average molecular weight is 182 g/mol. The van der Waals surface area contributed by atoms with Crippen LogP contribution in [-0.2, 0) is 0 Å². The topological polar surface area (TPSA) is 17.1 Å². The SMILES string of the molecule is C=[N+](C)[N-]C1=CCCC=C1SC. The molecule has 0 saturated carbocycles. The van der Waals surface area contributed by atoms with Crippen molar-refractivity contribution >= 4 is 18.5 Å². The molecule has 2 nitrogen and oxygen atoms in total. The predicted octanol–water partition coefficient (Wildman–Crippen LogP) is 2.54. The number of rotatable bonds is 3. The lowest BCUT2D eigenvalue weighted by atomic mass is 10.1. The van der Waals surface area contributed by atoms with Crippen LogP contribution in [0.2, 0.25) is 0 Å². The lowest BCUT2D eigenvalue weighted by Crippen LogP contribution is -1.99. The number of hydrogen-bond donors (Lipinski definition) is 0. The Morgan fingerprint density at radius 1 is 1.50 bits per heavy atom. The first kappa shape index (κ1) is 9.39. The molecule has 0 aromatic heterocycles. The van der Waals surface area contributed by atoms with E-state index in [4.69, 9.17) is 0 Å². The van der Waals surface area contributed by atoms with E-state index in [0.717, 1.165) is 18.5 Å². The zero-order valence-corrected chi connectivity index (χ0v) is 8.40. The van der Waals surface area contributed by atoms with Gasteiger partial charge in [0.1, 0.15) is 13.8 Å². The van der Waals surface area contributed by atoms with Crippen molar-refractivity contribution in [2.24, 2.45) is 0 Å². The summed E-state index contributed by atoms with van der Waals surface area (Å²) in [6, 6.07) is 0. The number of hydrogen-bond acceptors (Lipinski definition) is 1. The summed E-state index contributed by atoms with van der Waals surface area (Å²) in [6.45, 7) is 3.69. The van der Waals surface area contributed by atoms with E-state index in [-0.39, 0.29) is 0 Å². The molecule has 66 valence electrons. The van der Waals surface area contributed by atoms with Crippen LogP contribution in [0.1, 0.15) is 12.8 Å². The van der Waals surface area contributed by atoms with E-state index in [1.54, 1.807) is 16.4 Å². The fourth-order valence-electron chi connectivity index (χ4n) is 1.10. The third-order valence-corrected chi connectivity index (χ3v) is 2.40. The molecule has 1 aliphatic carbocycles. The zero-order chi connectivity index (χ0) is 8.97. The summed E-state index contributed by atoms with van der Waals surface area (Å²) >= 11 is 1.74. The summed E-state index contributed by atoms with van der Waals surface area (Å²) in [7, 11) is 1.84. The Labute approximate surface area is 78.0 Å². The molecule has 0 bridgehead atoms. The fourth-order valence-corrected chi connectivity index (χ4v) is 1.72. The van der Waals surface area contributed by atoms with Crippen molar-refractivity contribution in [3.8, 4) is 0 Å². The summed E-state index contributed by atoms with van der Waals surface area (Å²) in [6.07, 6.45) is 8.69. The van der Waals surface area contributed by atoms with E-state index in [2.05, 4.69) is 30.6 Å². The van der Waals surface area contributed by atoms with E-state index in [0.29, 0.717) is 0 Å². The van der Waals surface area contributed by atoms with Gasteiger partial charge in [-0.05, 0) is 24.0 Å². The molecule has 0 spiro atoms. The smallest absolute Gasteiger partial charge is 0.127 e. The Hall–Kier alpha value is -0.700. The summed E-state index contributed by atoms with van der Waals surface area (Å²) in [5.74, 6) is 0. The molecule has 0 radical (unpaired) electrons. The fraction of sp³-hybridized carbons (Fsp3) is 0.444. The highest BCUT2D eigenvalue weighted by atomic mass is 32.2. The van der Waals surface area contributed by atoms with Crippen LogP contribution in [-0.4, -0.2) is 24.7 Å². The molecule has 0 unspecified atom stereocenters. The van der Waals surface area contributed by atoms with Crippen molar-refractivity contribution in [2.75, 3.05) is 13.3 Å². The van der Waals surface area contributed by atoms with E-state index in [1.165, 1.54) is 4.91 Å². The van der Waals surface area contributed by atoms with Crippen molar-refractivity contribution in [3.63, 3.8) is 0 Å². The molecule has 0 heterocycles. The van der Waals surface area contributed by atoms with Gasteiger partial charge in [-0.2, -0.15) is 0 Å². The molecular weight excluding hydrogens is 168 g/mol. The van der Waals surface area contributed by atoms with E-state index in [1.807, 2.05) is 7.05 Å². The van der Waals surface area contributed by atoms with Gasteiger partial charge in [0, 0.05) is 0 Å². The maximum absolute atomic E-state index is 4.28. The lowest BCUT2D eigenvalue weighted by Gasteiger charge is -2.22. The molecule has 0 aromatic rings. The van der Waals surface area contributed by atoms with Crippen molar-refractivity contribution in [1.29, 1.82) is 0 Å². The van der Waals surface area contributed by atoms with Gasteiger partial charge >= 0.3 is 0 Å². The maximum Gasteiger partial charge on any atom is 0.127 e. The largest absolute Gasteiger partial charge is 0.411 e. The molecule has 3 heteroatoms. The molecule has 0 atom stereocenters. The molecule has 1 rings (SSSR count). The number of allylic oxidation sites excluding steroid dienone is 2. The van der Waals surface area contributed by atoms with Gasteiger partial charge in [-0.3, -0.25) is 4.68 Å². The molecule has 0 saturated heterocycles. The van der Waals surface area contributed by atoms with Crippen LogP contribution in [0.4, 0.5) is 0 Å². The van der Waals surface area contributed by atoms with Crippen LogP contribution >= 0.6 is 11.8 Å². The second kappa shape index (κ2) is 4.36. The third kappa shape index (κ3) is 2.41. The normalized spacial score (nSPS) is 16.5. The lowest BCUT2D eigenvalue weighted by molar-refractivity contribution is -0.430. The van der Waals surface area contributed by atoms with Gasteiger partial charge in [-0.1, -0.05) is 17.8 Å². The number of nitrogens with zero attached hydrogens (tertiary/aromatic N) is 2. The van der Waals surface area contributed by atoms with Crippen LogP contribution in [0.15, 0.2) is 22.8 Å². The summed E-state index contributed by atoms with van der Waals surface area (Å²) in [5.41, 5.74) is 5.34. The van der Waals surface area contributed by atoms with Gasteiger partial charge in [0.25, 0.3) is 0 Å². The molecule has 0 N–H and O–H groups in total. The van der Waals surface area contributed by atoms with Crippen LogP contribution in [0.3, 0.4) is 0 Å². The van der Waals surface area contributed by atoms with Gasteiger partial charge < -0.3 is 5.43 Å². The van der Waals surface area contributed by atoms with Gasteiger partial charge in [0.05, 0.1) is 0 Å². The minimum absolute atomic E-state index is 1.06. The van der Waals surface area contributed by atoms with E-state index < -0.39 is 0 Å². The predicted molar refractivity (Wildman–Crippen MR) is 55.6 cm³/mol. The first-order valence-corrected chi connectivity index (χ1v) is 5.17. The first-order chi connectivity index (χ1) is 5.74. The Bertz CT molecular complexity index is 241. The second-order valence-corrected chi connectivity index (χ2v) is 3.54. The molecule has 0 aromatic carbocycles. The van der Waals surface area contributed by atoms with Crippen LogP contribution in [0, 0.1) is 0 Å². The van der Waals surface area contributed by atoms with Crippen molar-refractivity contribution in [2.45, 2.75) is 12.8 Å². The van der Waals surface area contributed by atoms with E-state index >= 15 is 0 Å². The minimum Gasteiger partial charge on any atom is -0.411 e. The van der Waals surface area contributed by atoms with Crippen LogP contribution in [0.25, 0.3) is 5.43 Å². The Balaban J connectivity index is 2.67. The monoisotopic (exact) mass is 182 g/mol. The van der Waals surface area contributed by atoms with Crippen molar-refractivity contribution < 1.29 is 4.68 Å². The highest BCUT2D eigenvalue weighted by Crippen LogP contribution is 2.30. The van der Waals surface area contributed by atoms with Gasteiger partial charge in [-0.15, -0.1) is 11.8 Å². The summed E-state index contributed by atoms with van der Waals surface area (Å²) < 4.78 is 1.60. The average Bonchev–Trinajstić information content (AvgIpc) is 2.04. The Kier molecular flexibility index (Phi) is 3.41. The molecule has 0 fully saturated rings. The quantitative estimate of drug-likeness (QED) is 0.372. The summed E-state index contributed by atoms with van der Waals surface area (Å²) in [4.78, 5) is 1.26. The van der Waals surface area contributed by atoms with Crippen molar-refractivity contribution in [1.82, 2.24) is 0 Å². The van der Waals surface area contributed by atoms with Crippen molar-refractivity contribution in [3.05, 3.63) is 28.2 Å². The maximum atomic E-state index is 4.28. The third-order valence-electron chi connectivity index (χ3n) is 1.58. The van der Waals surface area contributed by atoms with Gasteiger partial charge in [-0.25, -0.2) is 0 Å². The van der Waals surface area contributed by atoms with Gasteiger partial charge in [0.15, 0.2) is 0 Å². The standard InChI is InChI=1S/C9H14N2S/c1-11(2)10-8-6-4-5-7-9(8)12-3/h6-7H,1,4-5H2,2-3H3. The Morgan fingerprint density at radius 2 is 2.17 bits per heavy atom. The highest BCUT2D eigenvalue weighted by Gasteiger charge is 2.01. The van der Waals surface area contributed by atoms with Crippen LogP contribution < -0.4 is 0 Å². The molecule has 12 heavy (non-hydrogen) atoms. The van der Waals surface area contributed by atoms with Crippen LogP contribution in [0.5, 0.6) is 0 Å². The second-order valence-electron chi connectivity index (χ2n) is 2.70.